The van der Waals surface area contributed by atoms with Gasteiger partial charge >= 0.3 is 0 Å². The van der Waals surface area contributed by atoms with E-state index >= 15 is 0 Å². The summed E-state index contributed by atoms with van der Waals surface area (Å²) in [6.45, 7) is 7.32. The number of anilines is 9. The topological polar surface area (TPSA) is 9.72 Å². The van der Waals surface area contributed by atoms with Crippen LogP contribution in [0.25, 0.3) is 0 Å². The molecule has 2 heterocycles. The SMILES string of the molecule is C[Si](C)(C)c1ccc(N(c2ccccc2)c2cc3c4c(c2)N(c2ccccc2)c2ccccc2B4c2ccccc2N3c2ccccc2)cc1. The van der Waals surface area contributed by atoms with Gasteiger partial charge in [0.25, 0.3) is 6.71 Å². The van der Waals surface area contributed by atoms with Crippen LogP contribution in [0.2, 0.25) is 19.6 Å². The lowest BCUT2D eigenvalue weighted by Gasteiger charge is -2.45. The van der Waals surface area contributed by atoms with Crippen molar-refractivity contribution in [3.05, 3.63) is 176 Å². The minimum Gasteiger partial charge on any atom is -0.311 e. The molecule has 0 saturated heterocycles. The molecule has 0 saturated carbocycles. The second-order valence-electron chi connectivity index (χ2n) is 14.3. The lowest BCUT2D eigenvalue weighted by atomic mass is 9.33. The standard InChI is InChI=1S/C45H38BN3Si/c1-50(2,3)38-29-27-36(28-30-38)47(33-17-7-4-8-18-33)37-31-43-45-44(32-37)49(35-21-11-6-12-22-35)42-26-16-14-24-40(42)46(45)39-23-13-15-25-41(39)48(43)34-19-9-5-10-20-34/h4-32H,1-3H3. The summed E-state index contributed by atoms with van der Waals surface area (Å²) in [7, 11) is -1.48. The highest BCUT2D eigenvalue weighted by Crippen LogP contribution is 2.47. The highest BCUT2D eigenvalue weighted by Gasteiger charge is 2.43. The zero-order chi connectivity index (χ0) is 33.8. The molecule has 3 nitrogen and oxygen atoms in total. The van der Waals surface area contributed by atoms with Gasteiger partial charge in [0, 0.05) is 45.5 Å². The zero-order valence-corrected chi connectivity index (χ0v) is 29.7. The number of hydrogen-bond acceptors (Lipinski definition) is 3. The largest absolute Gasteiger partial charge is 0.311 e. The van der Waals surface area contributed by atoms with Crippen LogP contribution in [0, 0.1) is 0 Å². The second kappa shape index (κ2) is 12.0. The first-order valence-corrected chi connectivity index (χ1v) is 21.0. The van der Waals surface area contributed by atoms with Crippen LogP contribution in [-0.2, 0) is 0 Å². The Morgan fingerprint density at radius 3 is 1.32 bits per heavy atom. The average Bonchev–Trinajstić information content (AvgIpc) is 3.16. The molecule has 0 atom stereocenters. The average molecular weight is 660 g/mol. The Bertz CT molecular complexity index is 2210. The summed E-state index contributed by atoms with van der Waals surface area (Å²) in [6.07, 6.45) is 0. The normalized spacial score (nSPS) is 13.0. The molecule has 0 radical (unpaired) electrons. The third kappa shape index (κ3) is 4.96. The molecule has 0 spiro atoms. The van der Waals surface area contributed by atoms with Gasteiger partial charge in [-0.2, -0.15) is 0 Å². The molecular weight excluding hydrogens is 621 g/mol. The Balaban J connectivity index is 1.38. The van der Waals surface area contributed by atoms with E-state index in [4.69, 9.17) is 0 Å². The maximum absolute atomic E-state index is 2.47. The van der Waals surface area contributed by atoms with Crippen LogP contribution in [0.15, 0.2) is 176 Å². The van der Waals surface area contributed by atoms with Crippen LogP contribution < -0.4 is 36.3 Å². The quantitative estimate of drug-likeness (QED) is 0.165. The minimum absolute atomic E-state index is 0.0857. The van der Waals surface area contributed by atoms with E-state index in [2.05, 4.69) is 210 Å². The number of fused-ring (bicyclic) bond motifs is 4. The fourth-order valence-corrected chi connectivity index (χ4v) is 9.02. The predicted molar refractivity (Wildman–Crippen MR) is 218 cm³/mol. The summed E-state index contributed by atoms with van der Waals surface area (Å²) >= 11 is 0. The summed E-state index contributed by atoms with van der Waals surface area (Å²) in [6, 6.07) is 64.6. The van der Waals surface area contributed by atoms with Crippen molar-refractivity contribution >= 4 is 87.5 Å². The highest BCUT2D eigenvalue weighted by molar-refractivity contribution is 7.00. The molecule has 2 aliphatic rings. The molecule has 2 aliphatic heterocycles. The van der Waals surface area contributed by atoms with Crippen molar-refractivity contribution in [3.63, 3.8) is 0 Å². The summed E-state index contributed by atoms with van der Waals surface area (Å²) in [5, 5.41) is 1.45. The van der Waals surface area contributed by atoms with Crippen molar-refractivity contribution in [2.24, 2.45) is 0 Å². The van der Waals surface area contributed by atoms with Gasteiger partial charge < -0.3 is 14.7 Å². The molecule has 0 N–H and O–H groups in total. The van der Waals surface area contributed by atoms with Gasteiger partial charge in [-0.25, -0.2) is 0 Å². The van der Waals surface area contributed by atoms with Crippen molar-refractivity contribution in [1.82, 2.24) is 0 Å². The molecule has 240 valence electrons. The lowest BCUT2D eigenvalue weighted by molar-refractivity contribution is 1.23. The van der Waals surface area contributed by atoms with Crippen molar-refractivity contribution in [2.45, 2.75) is 19.6 Å². The zero-order valence-electron chi connectivity index (χ0n) is 28.7. The number of hydrogen-bond donors (Lipinski definition) is 0. The summed E-state index contributed by atoms with van der Waals surface area (Å²) < 4.78 is 0. The molecule has 7 aromatic carbocycles. The molecule has 0 unspecified atom stereocenters. The Labute approximate surface area is 296 Å². The van der Waals surface area contributed by atoms with Gasteiger partial charge in [-0.1, -0.05) is 128 Å². The van der Waals surface area contributed by atoms with Gasteiger partial charge in [0.05, 0.1) is 13.8 Å². The van der Waals surface area contributed by atoms with Gasteiger partial charge in [0.15, 0.2) is 0 Å². The van der Waals surface area contributed by atoms with E-state index in [-0.39, 0.29) is 6.71 Å². The summed E-state index contributed by atoms with van der Waals surface area (Å²) in [4.78, 5) is 7.37. The van der Waals surface area contributed by atoms with Crippen molar-refractivity contribution in [1.29, 1.82) is 0 Å². The van der Waals surface area contributed by atoms with Gasteiger partial charge in [0.2, 0.25) is 0 Å². The van der Waals surface area contributed by atoms with Crippen molar-refractivity contribution in [2.75, 3.05) is 14.7 Å². The molecule has 0 aromatic heterocycles. The Morgan fingerprint density at radius 1 is 0.420 bits per heavy atom. The molecule has 0 aliphatic carbocycles. The number of rotatable bonds is 6. The molecule has 7 aromatic rings. The van der Waals surface area contributed by atoms with Crippen molar-refractivity contribution in [3.8, 4) is 0 Å². The van der Waals surface area contributed by atoms with Gasteiger partial charge in [-0.3, -0.25) is 0 Å². The van der Waals surface area contributed by atoms with Crippen LogP contribution in [-0.4, -0.2) is 14.8 Å². The van der Waals surface area contributed by atoms with Crippen LogP contribution >= 0.6 is 0 Å². The first-order chi connectivity index (χ1) is 24.5. The van der Waals surface area contributed by atoms with E-state index in [9.17, 15) is 0 Å². The van der Waals surface area contributed by atoms with Crippen LogP contribution in [0.5, 0.6) is 0 Å². The Kier molecular flexibility index (Phi) is 7.25. The summed E-state index contributed by atoms with van der Waals surface area (Å²) in [5.74, 6) is 0. The molecule has 9 rings (SSSR count). The van der Waals surface area contributed by atoms with Crippen molar-refractivity contribution < 1.29 is 0 Å². The first-order valence-electron chi connectivity index (χ1n) is 17.5. The number of benzene rings is 7. The van der Waals surface area contributed by atoms with E-state index in [0.717, 1.165) is 28.4 Å². The van der Waals surface area contributed by atoms with E-state index < -0.39 is 8.07 Å². The predicted octanol–water partition coefficient (Wildman–Crippen LogP) is 9.78. The molecular formula is C45H38BN3Si. The van der Waals surface area contributed by atoms with Gasteiger partial charge in [0.1, 0.15) is 0 Å². The number of para-hydroxylation sites is 5. The van der Waals surface area contributed by atoms with Gasteiger partial charge in [-0.15, -0.1) is 0 Å². The number of nitrogens with zero attached hydrogens (tertiary/aromatic N) is 3. The van der Waals surface area contributed by atoms with Crippen LogP contribution in [0.1, 0.15) is 0 Å². The van der Waals surface area contributed by atoms with E-state index in [1.165, 1.54) is 44.3 Å². The van der Waals surface area contributed by atoms with Gasteiger partial charge in [-0.05, 0) is 89.2 Å². The Hall–Kier alpha value is -5.78. The molecule has 50 heavy (non-hydrogen) atoms. The monoisotopic (exact) mass is 659 g/mol. The summed E-state index contributed by atoms with van der Waals surface area (Å²) in [5.41, 5.74) is 14.5. The maximum Gasteiger partial charge on any atom is 0.252 e. The smallest absolute Gasteiger partial charge is 0.252 e. The van der Waals surface area contributed by atoms with Crippen LogP contribution in [0.4, 0.5) is 51.2 Å². The lowest BCUT2D eigenvalue weighted by Crippen LogP contribution is -2.61. The van der Waals surface area contributed by atoms with Crippen LogP contribution in [0.3, 0.4) is 0 Å². The van der Waals surface area contributed by atoms with E-state index in [1.807, 2.05) is 0 Å². The Morgan fingerprint density at radius 2 is 0.840 bits per heavy atom. The third-order valence-corrected chi connectivity index (χ3v) is 12.2. The molecule has 0 fully saturated rings. The minimum atomic E-state index is -1.48. The molecule has 0 bridgehead atoms. The highest BCUT2D eigenvalue weighted by atomic mass is 28.3. The third-order valence-electron chi connectivity index (χ3n) is 10.2. The first kappa shape index (κ1) is 30.3. The van der Waals surface area contributed by atoms with E-state index in [0.29, 0.717) is 0 Å². The maximum atomic E-state index is 2.47. The fraction of sp³-hybridized carbons (Fsp3) is 0.0667. The second-order valence-corrected chi connectivity index (χ2v) is 19.3. The van der Waals surface area contributed by atoms with E-state index in [1.54, 1.807) is 0 Å². The fourth-order valence-electron chi connectivity index (χ4n) is 7.86. The molecule has 5 heteroatoms. The molecule has 0 amide bonds.